The molecule has 1 aromatic carbocycles. The molecule has 4 rings (SSSR count). The summed E-state index contributed by atoms with van der Waals surface area (Å²) < 4.78 is 6.29. The molecule has 1 N–H and O–H groups in total. The second-order valence-electron chi connectivity index (χ2n) is 7.50. The van der Waals surface area contributed by atoms with E-state index < -0.39 is 0 Å². The van der Waals surface area contributed by atoms with Gasteiger partial charge in [0.05, 0.1) is 21.8 Å². The summed E-state index contributed by atoms with van der Waals surface area (Å²) in [5, 5.41) is 5.17. The van der Waals surface area contributed by atoms with E-state index in [9.17, 15) is 0 Å². The van der Waals surface area contributed by atoms with Crippen molar-refractivity contribution in [3.05, 3.63) is 76.2 Å². The molecule has 0 spiro atoms. The van der Waals surface area contributed by atoms with E-state index in [2.05, 4.69) is 29.0 Å². The van der Waals surface area contributed by atoms with Crippen molar-refractivity contribution in [1.29, 1.82) is 0 Å². The molecule has 0 bridgehead atoms. The summed E-state index contributed by atoms with van der Waals surface area (Å²) in [5.41, 5.74) is 1.81. The van der Waals surface area contributed by atoms with Crippen molar-refractivity contribution in [3.8, 4) is 11.3 Å². The van der Waals surface area contributed by atoms with Crippen molar-refractivity contribution in [2.45, 2.75) is 25.9 Å². The van der Waals surface area contributed by atoms with E-state index in [0.717, 1.165) is 29.3 Å². The Balaban J connectivity index is 1.73. The number of nitrogens with one attached hydrogen (secondary N) is 1. The molecule has 3 aromatic rings. The molecular formula is C22H21Cl2N3OS. The van der Waals surface area contributed by atoms with Crippen molar-refractivity contribution < 1.29 is 4.42 Å². The quantitative estimate of drug-likeness (QED) is 0.468. The standard InChI is InChI=1S/C22H21Cl2N3OS/c1-13(2)12-27-21(20(26-22(27)29)17-5-3-4-10-25-17)19-9-8-18(28-19)14-6-7-15(23)16(24)11-14/h3-11,13,20-21H,12H2,1-2H3,(H,26,29)/t20-,21-/m0/s1. The summed E-state index contributed by atoms with van der Waals surface area (Å²) in [6, 6.07) is 15.2. The first-order valence-corrected chi connectivity index (χ1v) is 10.6. The van der Waals surface area contributed by atoms with Crippen LogP contribution >= 0.6 is 35.4 Å². The Morgan fingerprint density at radius 2 is 1.97 bits per heavy atom. The van der Waals surface area contributed by atoms with Gasteiger partial charge in [0.2, 0.25) is 0 Å². The average molecular weight is 446 g/mol. The third-order valence-electron chi connectivity index (χ3n) is 4.88. The fourth-order valence-electron chi connectivity index (χ4n) is 3.62. The lowest BCUT2D eigenvalue weighted by Gasteiger charge is -2.27. The summed E-state index contributed by atoms with van der Waals surface area (Å²) in [7, 11) is 0. The van der Waals surface area contributed by atoms with E-state index in [1.807, 2.05) is 42.5 Å². The number of rotatable bonds is 5. The summed E-state index contributed by atoms with van der Waals surface area (Å²) in [5.74, 6) is 2.01. The molecule has 3 heterocycles. The second kappa shape index (κ2) is 8.34. The third-order valence-corrected chi connectivity index (χ3v) is 5.97. The van der Waals surface area contributed by atoms with Gasteiger partial charge in [-0.2, -0.15) is 0 Å². The Morgan fingerprint density at radius 1 is 1.14 bits per heavy atom. The zero-order valence-corrected chi connectivity index (χ0v) is 18.4. The van der Waals surface area contributed by atoms with E-state index in [1.165, 1.54) is 0 Å². The molecular weight excluding hydrogens is 425 g/mol. The minimum Gasteiger partial charge on any atom is -0.459 e. The fourth-order valence-corrected chi connectivity index (χ4v) is 4.23. The second-order valence-corrected chi connectivity index (χ2v) is 8.70. The normalized spacial score (nSPS) is 19.1. The number of pyridine rings is 1. The lowest BCUT2D eigenvalue weighted by atomic mass is 10.0. The van der Waals surface area contributed by atoms with E-state index in [-0.39, 0.29) is 12.1 Å². The zero-order chi connectivity index (χ0) is 20.5. The molecule has 0 saturated carbocycles. The van der Waals surface area contributed by atoms with Crippen LogP contribution in [-0.2, 0) is 0 Å². The Morgan fingerprint density at radius 3 is 2.66 bits per heavy atom. The summed E-state index contributed by atoms with van der Waals surface area (Å²) in [4.78, 5) is 6.74. The highest BCUT2D eigenvalue weighted by molar-refractivity contribution is 7.80. The maximum Gasteiger partial charge on any atom is 0.170 e. The van der Waals surface area contributed by atoms with E-state index in [4.69, 9.17) is 39.8 Å². The van der Waals surface area contributed by atoms with Gasteiger partial charge in [-0.25, -0.2) is 0 Å². The van der Waals surface area contributed by atoms with Crippen LogP contribution in [0.25, 0.3) is 11.3 Å². The van der Waals surface area contributed by atoms with Gasteiger partial charge in [-0.05, 0) is 60.6 Å². The lowest BCUT2D eigenvalue weighted by Crippen LogP contribution is -2.32. The van der Waals surface area contributed by atoms with Crippen molar-refractivity contribution in [3.63, 3.8) is 0 Å². The molecule has 7 heteroatoms. The molecule has 0 amide bonds. The van der Waals surface area contributed by atoms with Gasteiger partial charge in [-0.3, -0.25) is 4.98 Å². The predicted molar refractivity (Wildman–Crippen MR) is 121 cm³/mol. The number of hydrogen-bond acceptors (Lipinski definition) is 3. The molecule has 1 saturated heterocycles. The Hall–Kier alpha value is -2.08. The van der Waals surface area contributed by atoms with Gasteiger partial charge in [-0.1, -0.05) is 43.1 Å². The Labute approximate surface area is 185 Å². The van der Waals surface area contributed by atoms with Crippen molar-refractivity contribution in [2.24, 2.45) is 5.92 Å². The molecule has 1 fully saturated rings. The van der Waals surface area contributed by atoms with Gasteiger partial charge in [0.15, 0.2) is 5.11 Å². The van der Waals surface area contributed by atoms with Crippen molar-refractivity contribution in [1.82, 2.24) is 15.2 Å². The Bertz CT molecular complexity index is 1020. The first kappa shape index (κ1) is 20.2. The maximum absolute atomic E-state index is 6.29. The fraction of sp³-hybridized carbons (Fsp3) is 0.273. The maximum atomic E-state index is 6.29. The molecule has 0 radical (unpaired) electrons. The van der Waals surface area contributed by atoms with Crippen LogP contribution in [-0.4, -0.2) is 21.5 Å². The van der Waals surface area contributed by atoms with Crippen LogP contribution in [0.4, 0.5) is 0 Å². The largest absolute Gasteiger partial charge is 0.459 e. The molecule has 2 aromatic heterocycles. The van der Waals surface area contributed by atoms with E-state index in [0.29, 0.717) is 21.1 Å². The molecule has 29 heavy (non-hydrogen) atoms. The van der Waals surface area contributed by atoms with Crippen molar-refractivity contribution >= 4 is 40.5 Å². The zero-order valence-electron chi connectivity index (χ0n) is 16.1. The number of furan rings is 1. The minimum absolute atomic E-state index is 0.0867. The SMILES string of the molecule is CC(C)CN1C(=S)N[C@@H](c2ccccn2)[C@@H]1c1ccc(-c2ccc(Cl)c(Cl)c2)o1. The number of thiocarbonyl (C=S) groups is 1. The molecule has 150 valence electrons. The highest BCUT2D eigenvalue weighted by Crippen LogP contribution is 2.41. The van der Waals surface area contributed by atoms with Crippen molar-refractivity contribution in [2.75, 3.05) is 6.54 Å². The predicted octanol–water partition coefficient (Wildman–Crippen LogP) is 6.28. The van der Waals surface area contributed by atoms with Gasteiger partial charge in [0.25, 0.3) is 0 Å². The third kappa shape index (κ3) is 4.13. The smallest absolute Gasteiger partial charge is 0.170 e. The van der Waals surface area contributed by atoms with Gasteiger partial charge in [-0.15, -0.1) is 0 Å². The van der Waals surface area contributed by atoms with Gasteiger partial charge in [0.1, 0.15) is 17.6 Å². The van der Waals surface area contributed by atoms with Gasteiger partial charge in [0, 0.05) is 18.3 Å². The number of halogens is 2. The number of nitrogens with zero attached hydrogens (tertiary/aromatic N) is 2. The molecule has 1 aliphatic rings. The first-order valence-electron chi connectivity index (χ1n) is 9.47. The lowest BCUT2D eigenvalue weighted by molar-refractivity contribution is 0.253. The van der Waals surface area contributed by atoms with Crippen LogP contribution in [0.3, 0.4) is 0 Å². The molecule has 0 unspecified atom stereocenters. The van der Waals surface area contributed by atoms with Gasteiger partial charge >= 0.3 is 0 Å². The molecule has 2 atom stereocenters. The number of aromatic nitrogens is 1. The summed E-state index contributed by atoms with van der Waals surface area (Å²) >= 11 is 17.9. The van der Waals surface area contributed by atoms with Crippen LogP contribution in [0.5, 0.6) is 0 Å². The van der Waals surface area contributed by atoms with E-state index in [1.54, 1.807) is 12.3 Å². The van der Waals surface area contributed by atoms with Crippen LogP contribution in [0.1, 0.15) is 37.4 Å². The Kier molecular flexibility index (Phi) is 5.81. The van der Waals surface area contributed by atoms with Crippen LogP contribution in [0.15, 0.2) is 59.1 Å². The van der Waals surface area contributed by atoms with Crippen LogP contribution in [0.2, 0.25) is 10.0 Å². The highest BCUT2D eigenvalue weighted by atomic mass is 35.5. The molecule has 4 nitrogen and oxygen atoms in total. The van der Waals surface area contributed by atoms with E-state index >= 15 is 0 Å². The molecule has 0 aliphatic carbocycles. The van der Waals surface area contributed by atoms with Gasteiger partial charge < -0.3 is 14.6 Å². The minimum atomic E-state index is -0.0877. The summed E-state index contributed by atoms with van der Waals surface area (Å²) in [6.45, 7) is 5.18. The highest BCUT2D eigenvalue weighted by Gasteiger charge is 2.41. The summed E-state index contributed by atoms with van der Waals surface area (Å²) in [6.07, 6.45) is 1.80. The monoisotopic (exact) mass is 445 g/mol. The topological polar surface area (TPSA) is 41.3 Å². The average Bonchev–Trinajstić information content (AvgIpc) is 3.30. The first-order chi connectivity index (χ1) is 13.9. The molecule has 1 aliphatic heterocycles. The van der Waals surface area contributed by atoms with Crippen LogP contribution < -0.4 is 5.32 Å². The van der Waals surface area contributed by atoms with Crippen LogP contribution in [0, 0.1) is 5.92 Å². The number of hydrogen-bond donors (Lipinski definition) is 1. The number of benzene rings is 1.